The van der Waals surface area contributed by atoms with Gasteiger partial charge in [-0.2, -0.15) is 4.31 Å². The van der Waals surface area contributed by atoms with Crippen molar-refractivity contribution in [2.75, 3.05) is 39.2 Å². The fourth-order valence-corrected chi connectivity index (χ4v) is 4.99. The van der Waals surface area contributed by atoms with Gasteiger partial charge in [0, 0.05) is 32.2 Å². The maximum absolute atomic E-state index is 12.8. The molecule has 128 valence electrons. The molecular weight excluding hydrogens is 344 g/mol. The first-order valence-corrected chi connectivity index (χ1v) is 10.4. The Kier molecular flexibility index (Phi) is 4.25. The lowest BCUT2D eigenvalue weighted by atomic mass is 10.3. The number of benzene rings is 1. The summed E-state index contributed by atoms with van der Waals surface area (Å²) in [5.74, 6) is 0.918. The minimum Gasteiger partial charge on any atom is -0.454 e. The Labute approximate surface area is 135 Å². The van der Waals surface area contributed by atoms with E-state index in [1.165, 1.54) is 20.7 Å². The third kappa shape index (κ3) is 3.30. The molecule has 0 saturated carbocycles. The molecule has 0 unspecified atom stereocenters. The largest absolute Gasteiger partial charge is 0.454 e. The number of sulfonamides is 2. The molecular formula is C13H18N2O6S2. The number of ether oxygens (including phenoxy) is 2. The quantitative estimate of drug-likeness (QED) is 0.755. The van der Waals surface area contributed by atoms with Crippen LogP contribution in [-0.2, 0) is 20.0 Å². The molecule has 2 aliphatic rings. The first-order chi connectivity index (χ1) is 10.8. The Bertz CT molecular complexity index is 806. The smallest absolute Gasteiger partial charge is 0.243 e. The van der Waals surface area contributed by atoms with Crippen LogP contribution < -0.4 is 9.47 Å². The first kappa shape index (κ1) is 16.5. The molecule has 2 heterocycles. The Morgan fingerprint density at radius 3 is 2.30 bits per heavy atom. The summed E-state index contributed by atoms with van der Waals surface area (Å²) in [6.45, 7) is 0.965. The minimum atomic E-state index is -3.70. The lowest BCUT2D eigenvalue weighted by molar-refractivity contribution is 0.174. The molecule has 0 aromatic heterocycles. The molecule has 0 spiro atoms. The van der Waals surface area contributed by atoms with Crippen molar-refractivity contribution in [2.45, 2.75) is 11.3 Å². The van der Waals surface area contributed by atoms with Gasteiger partial charge in [-0.3, -0.25) is 0 Å². The summed E-state index contributed by atoms with van der Waals surface area (Å²) in [4.78, 5) is 0.120. The molecule has 0 aliphatic carbocycles. The van der Waals surface area contributed by atoms with E-state index in [2.05, 4.69) is 0 Å². The SMILES string of the molecule is CS(=O)(=O)N1CCCN(S(=O)(=O)c2ccc3c(c2)OCO3)CC1. The molecule has 0 N–H and O–H groups in total. The van der Waals surface area contributed by atoms with Gasteiger partial charge in [-0.25, -0.2) is 21.1 Å². The summed E-state index contributed by atoms with van der Waals surface area (Å²) in [5.41, 5.74) is 0. The van der Waals surface area contributed by atoms with Crippen LogP contribution in [0.1, 0.15) is 6.42 Å². The highest BCUT2D eigenvalue weighted by Crippen LogP contribution is 2.34. The molecule has 0 radical (unpaired) electrons. The topological polar surface area (TPSA) is 93.2 Å². The summed E-state index contributed by atoms with van der Waals surface area (Å²) in [6.07, 6.45) is 1.59. The van der Waals surface area contributed by atoms with E-state index in [-0.39, 0.29) is 31.3 Å². The van der Waals surface area contributed by atoms with Crippen molar-refractivity contribution in [1.82, 2.24) is 8.61 Å². The number of rotatable bonds is 3. The summed E-state index contributed by atoms with van der Waals surface area (Å²) in [5, 5.41) is 0. The van der Waals surface area contributed by atoms with Crippen molar-refractivity contribution in [3.05, 3.63) is 18.2 Å². The summed E-state index contributed by atoms with van der Waals surface area (Å²) < 4.78 is 61.8. The van der Waals surface area contributed by atoms with Crippen LogP contribution in [0.3, 0.4) is 0 Å². The normalized spacial score (nSPS) is 20.4. The maximum Gasteiger partial charge on any atom is 0.243 e. The Morgan fingerprint density at radius 1 is 0.913 bits per heavy atom. The zero-order valence-corrected chi connectivity index (χ0v) is 14.3. The molecule has 0 atom stereocenters. The molecule has 1 aromatic rings. The monoisotopic (exact) mass is 362 g/mol. The van der Waals surface area contributed by atoms with Gasteiger partial charge in [-0.1, -0.05) is 0 Å². The van der Waals surface area contributed by atoms with Crippen LogP contribution in [-0.4, -0.2) is 64.7 Å². The highest BCUT2D eigenvalue weighted by atomic mass is 32.2. The number of hydrogen-bond acceptors (Lipinski definition) is 6. The molecule has 2 aliphatic heterocycles. The van der Waals surface area contributed by atoms with Crippen LogP contribution in [0.5, 0.6) is 11.5 Å². The Morgan fingerprint density at radius 2 is 1.57 bits per heavy atom. The van der Waals surface area contributed by atoms with Gasteiger partial charge in [-0.15, -0.1) is 0 Å². The van der Waals surface area contributed by atoms with Gasteiger partial charge in [0.1, 0.15) is 0 Å². The predicted octanol–water partition coefficient (Wildman–Crippen LogP) is 0.0713. The van der Waals surface area contributed by atoms with Crippen molar-refractivity contribution in [2.24, 2.45) is 0 Å². The van der Waals surface area contributed by atoms with E-state index >= 15 is 0 Å². The first-order valence-electron chi connectivity index (χ1n) is 7.13. The molecule has 23 heavy (non-hydrogen) atoms. The fourth-order valence-electron chi connectivity index (χ4n) is 2.63. The second kappa shape index (κ2) is 5.93. The van der Waals surface area contributed by atoms with Crippen molar-refractivity contribution >= 4 is 20.0 Å². The van der Waals surface area contributed by atoms with E-state index in [9.17, 15) is 16.8 Å². The van der Waals surface area contributed by atoms with Gasteiger partial charge in [0.15, 0.2) is 11.5 Å². The third-order valence-electron chi connectivity index (χ3n) is 3.86. The van der Waals surface area contributed by atoms with Crippen molar-refractivity contribution in [3.8, 4) is 11.5 Å². The number of hydrogen-bond donors (Lipinski definition) is 0. The lowest BCUT2D eigenvalue weighted by Gasteiger charge is -2.20. The molecule has 1 fully saturated rings. The van der Waals surface area contributed by atoms with Crippen LogP contribution in [0.15, 0.2) is 23.1 Å². The summed E-state index contributed by atoms with van der Waals surface area (Å²) in [6, 6.07) is 4.48. The van der Waals surface area contributed by atoms with E-state index in [0.29, 0.717) is 24.5 Å². The Hall–Kier alpha value is -1.36. The molecule has 0 bridgehead atoms. The van der Waals surface area contributed by atoms with Crippen LogP contribution in [0, 0.1) is 0 Å². The molecule has 0 amide bonds. The molecule has 1 aromatic carbocycles. The van der Waals surface area contributed by atoms with Crippen molar-refractivity contribution in [1.29, 1.82) is 0 Å². The minimum absolute atomic E-state index is 0.0753. The average Bonchev–Trinajstić information content (AvgIpc) is 2.78. The number of fused-ring (bicyclic) bond motifs is 1. The van der Waals surface area contributed by atoms with Gasteiger partial charge < -0.3 is 9.47 Å². The van der Waals surface area contributed by atoms with Gasteiger partial charge in [0.25, 0.3) is 0 Å². The molecule has 3 rings (SSSR count). The fraction of sp³-hybridized carbons (Fsp3) is 0.538. The van der Waals surface area contributed by atoms with Crippen LogP contribution >= 0.6 is 0 Å². The van der Waals surface area contributed by atoms with E-state index < -0.39 is 20.0 Å². The van der Waals surface area contributed by atoms with Crippen LogP contribution in [0.2, 0.25) is 0 Å². The molecule has 10 heteroatoms. The van der Waals surface area contributed by atoms with Gasteiger partial charge in [0.05, 0.1) is 11.2 Å². The van der Waals surface area contributed by atoms with Crippen molar-refractivity contribution < 1.29 is 26.3 Å². The maximum atomic E-state index is 12.8. The zero-order chi connectivity index (χ0) is 16.7. The second-order valence-electron chi connectivity index (χ2n) is 5.43. The predicted molar refractivity (Wildman–Crippen MR) is 82.4 cm³/mol. The zero-order valence-electron chi connectivity index (χ0n) is 12.6. The van der Waals surface area contributed by atoms with Crippen LogP contribution in [0.25, 0.3) is 0 Å². The van der Waals surface area contributed by atoms with Crippen LogP contribution in [0.4, 0.5) is 0 Å². The summed E-state index contributed by atoms with van der Waals surface area (Å²) in [7, 11) is -7.02. The second-order valence-corrected chi connectivity index (χ2v) is 9.36. The molecule has 1 saturated heterocycles. The highest BCUT2D eigenvalue weighted by Gasteiger charge is 2.30. The van der Waals surface area contributed by atoms with E-state index in [0.717, 1.165) is 6.26 Å². The third-order valence-corrected chi connectivity index (χ3v) is 7.06. The van der Waals surface area contributed by atoms with Gasteiger partial charge >= 0.3 is 0 Å². The van der Waals surface area contributed by atoms with Crippen molar-refractivity contribution in [3.63, 3.8) is 0 Å². The van der Waals surface area contributed by atoms with E-state index in [1.807, 2.05) is 0 Å². The van der Waals surface area contributed by atoms with E-state index in [4.69, 9.17) is 9.47 Å². The van der Waals surface area contributed by atoms with E-state index in [1.54, 1.807) is 6.07 Å². The lowest BCUT2D eigenvalue weighted by Crippen LogP contribution is -2.36. The summed E-state index contributed by atoms with van der Waals surface area (Å²) >= 11 is 0. The standard InChI is InChI=1S/C13H18N2O6S2/c1-22(16,17)14-5-2-6-15(8-7-14)23(18,19)11-3-4-12-13(9-11)21-10-20-12/h3-4,9H,2,5-8,10H2,1H3. The average molecular weight is 362 g/mol. The highest BCUT2D eigenvalue weighted by molar-refractivity contribution is 7.89. The Balaban J connectivity index is 1.83. The molecule has 8 nitrogen and oxygen atoms in total. The number of nitrogens with zero attached hydrogens (tertiary/aromatic N) is 2. The van der Waals surface area contributed by atoms with Gasteiger partial charge in [0.2, 0.25) is 26.8 Å². The van der Waals surface area contributed by atoms with Gasteiger partial charge in [-0.05, 0) is 18.6 Å².